The fourth-order valence-corrected chi connectivity index (χ4v) is 3.85. The first-order chi connectivity index (χ1) is 12.7. The first-order valence-corrected chi connectivity index (χ1v) is 9.67. The molecule has 0 radical (unpaired) electrons. The number of rotatable bonds is 5. The Morgan fingerprint density at radius 3 is 2.69 bits per heavy atom. The summed E-state index contributed by atoms with van der Waals surface area (Å²) in [4.78, 5) is 10.1. The van der Waals surface area contributed by atoms with Gasteiger partial charge in [0.1, 0.15) is 5.75 Å². The Kier molecular flexibility index (Phi) is 6.12. The number of imidazole rings is 1. The lowest BCUT2D eigenvalue weighted by atomic mass is 9.93. The second-order valence-electron chi connectivity index (χ2n) is 6.50. The highest BCUT2D eigenvalue weighted by atomic mass is 31.0. The van der Waals surface area contributed by atoms with Crippen molar-refractivity contribution in [2.24, 2.45) is 5.73 Å². The summed E-state index contributed by atoms with van der Waals surface area (Å²) in [7, 11) is 2.61. The molecule has 0 aliphatic carbocycles. The number of likely N-dealkylation sites (tertiary alicyclic amines) is 1. The minimum atomic E-state index is 0.258. The third-order valence-corrected chi connectivity index (χ3v) is 5.17. The van der Waals surface area contributed by atoms with Crippen LogP contribution in [0.4, 0.5) is 0 Å². The van der Waals surface area contributed by atoms with Gasteiger partial charge in [-0.1, -0.05) is 18.2 Å². The number of H-pyrrole nitrogens is 1. The fourth-order valence-electron chi connectivity index (χ4n) is 3.60. The highest BCUT2D eigenvalue weighted by Gasteiger charge is 2.23. The van der Waals surface area contributed by atoms with Crippen molar-refractivity contribution in [3.63, 3.8) is 0 Å². The van der Waals surface area contributed by atoms with Crippen molar-refractivity contribution in [2.75, 3.05) is 19.6 Å². The first kappa shape index (κ1) is 18.7. The molecular formula is C20H27N4OP. The van der Waals surface area contributed by atoms with E-state index in [0.29, 0.717) is 6.54 Å². The monoisotopic (exact) mass is 370 g/mol. The molecule has 2 heterocycles. The van der Waals surface area contributed by atoms with Crippen LogP contribution in [0.3, 0.4) is 0 Å². The molecule has 0 bridgehead atoms. The SMILES string of the molecule is C/C=C(\C(CN)=C(/c1ncc[nH]1)N1CCCCC1)c1ccc(P)cc1O. The molecule has 6 heteroatoms. The van der Waals surface area contributed by atoms with Gasteiger partial charge in [0.25, 0.3) is 0 Å². The zero-order chi connectivity index (χ0) is 18.5. The second kappa shape index (κ2) is 8.52. The smallest absolute Gasteiger partial charge is 0.154 e. The fraction of sp³-hybridized carbons (Fsp3) is 0.350. The van der Waals surface area contributed by atoms with Gasteiger partial charge in [0, 0.05) is 43.2 Å². The Bertz CT molecular complexity index is 805. The molecule has 1 unspecified atom stereocenters. The molecule has 4 N–H and O–H groups in total. The summed E-state index contributed by atoms with van der Waals surface area (Å²) in [6, 6.07) is 5.68. The van der Waals surface area contributed by atoms with Crippen LogP contribution in [0.25, 0.3) is 11.3 Å². The Balaban J connectivity index is 2.16. The topological polar surface area (TPSA) is 78.2 Å². The molecule has 0 saturated carbocycles. The van der Waals surface area contributed by atoms with E-state index in [-0.39, 0.29) is 5.75 Å². The van der Waals surface area contributed by atoms with Gasteiger partial charge in [-0.3, -0.25) is 0 Å². The summed E-state index contributed by atoms with van der Waals surface area (Å²) in [6.07, 6.45) is 9.21. The Morgan fingerprint density at radius 1 is 1.35 bits per heavy atom. The van der Waals surface area contributed by atoms with Crippen LogP contribution in [0.2, 0.25) is 0 Å². The molecule has 3 rings (SSSR count). The molecule has 1 atom stereocenters. The highest BCUT2D eigenvalue weighted by Crippen LogP contribution is 2.35. The normalized spacial score (nSPS) is 16.6. The van der Waals surface area contributed by atoms with E-state index in [9.17, 15) is 5.11 Å². The first-order valence-electron chi connectivity index (χ1n) is 9.09. The van der Waals surface area contributed by atoms with E-state index in [1.54, 1.807) is 12.3 Å². The van der Waals surface area contributed by atoms with E-state index in [2.05, 4.69) is 24.1 Å². The average Bonchev–Trinajstić information content (AvgIpc) is 3.18. The number of piperidine rings is 1. The number of hydrogen-bond acceptors (Lipinski definition) is 4. The van der Waals surface area contributed by atoms with E-state index < -0.39 is 0 Å². The molecule has 1 aromatic heterocycles. The van der Waals surface area contributed by atoms with E-state index in [0.717, 1.165) is 46.6 Å². The third-order valence-electron chi connectivity index (χ3n) is 4.81. The summed E-state index contributed by atoms with van der Waals surface area (Å²) in [5, 5.41) is 11.5. The van der Waals surface area contributed by atoms with Crippen LogP contribution in [0.5, 0.6) is 5.75 Å². The molecule has 1 aromatic carbocycles. The lowest BCUT2D eigenvalue weighted by Crippen LogP contribution is -2.31. The molecule has 0 spiro atoms. The number of allylic oxidation sites excluding steroid dienone is 1. The minimum absolute atomic E-state index is 0.258. The van der Waals surface area contributed by atoms with Gasteiger partial charge in [-0.2, -0.15) is 0 Å². The Morgan fingerprint density at radius 2 is 2.12 bits per heavy atom. The van der Waals surface area contributed by atoms with Crippen LogP contribution >= 0.6 is 9.24 Å². The molecule has 26 heavy (non-hydrogen) atoms. The van der Waals surface area contributed by atoms with Gasteiger partial charge in [0.2, 0.25) is 0 Å². The average molecular weight is 370 g/mol. The molecule has 1 aliphatic heterocycles. The van der Waals surface area contributed by atoms with Gasteiger partial charge in [0.05, 0.1) is 5.70 Å². The van der Waals surface area contributed by atoms with Gasteiger partial charge in [0.15, 0.2) is 5.82 Å². The number of aromatic amines is 1. The number of hydrogen-bond donors (Lipinski definition) is 3. The molecule has 2 aromatic rings. The van der Waals surface area contributed by atoms with Gasteiger partial charge in [-0.25, -0.2) is 4.98 Å². The van der Waals surface area contributed by atoms with Crippen LogP contribution in [-0.2, 0) is 0 Å². The van der Waals surface area contributed by atoms with Crippen LogP contribution in [0.1, 0.15) is 37.6 Å². The number of phenols is 1. The number of benzene rings is 1. The molecule has 5 nitrogen and oxygen atoms in total. The molecular weight excluding hydrogens is 343 g/mol. The van der Waals surface area contributed by atoms with Crippen molar-refractivity contribution in [2.45, 2.75) is 26.2 Å². The zero-order valence-electron chi connectivity index (χ0n) is 15.2. The number of nitrogens with two attached hydrogens (primary N) is 1. The summed E-state index contributed by atoms with van der Waals surface area (Å²) in [5.74, 6) is 1.09. The lowest BCUT2D eigenvalue weighted by molar-refractivity contribution is 0.323. The Hall–Kier alpha value is -2.10. The number of aromatic hydroxyl groups is 1. The molecule has 1 aliphatic rings. The predicted octanol–water partition coefficient (Wildman–Crippen LogP) is 2.87. The van der Waals surface area contributed by atoms with Crippen LogP contribution < -0.4 is 11.0 Å². The number of nitrogens with zero attached hydrogens (tertiary/aromatic N) is 2. The predicted molar refractivity (Wildman–Crippen MR) is 111 cm³/mol. The van der Waals surface area contributed by atoms with Crippen molar-refractivity contribution < 1.29 is 5.11 Å². The largest absolute Gasteiger partial charge is 0.507 e. The van der Waals surface area contributed by atoms with Crippen molar-refractivity contribution in [3.8, 4) is 5.75 Å². The van der Waals surface area contributed by atoms with Crippen molar-refractivity contribution in [3.05, 3.63) is 53.6 Å². The summed E-state index contributed by atoms with van der Waals surface area (Å²) >= 11 is 0. The highest BCUT2D eigenvalue weighted by molar-refractivity contribution is 7.27. The lowest BCUT2D eigenvalue weighted by Gasteiger charge is -2.32. The van der Waals surface area contributed by atoms with E-state index >= 15 is 0 Å². The van der Waals surface area contributed by atoms with Crippen molar-refractivity contribution in [1.82, 2.24) is 14.9 Å². The van der Waals surface area contributed by atoms with Gasteiger partial charge in [-0.15, -0.1) is 9.24 Å². The zero-order valence-corrected chi connectivity index (χ0v) is 16.4. The maximum absolute atomic E-state index is 10.5. The second-order valence-corrected chi connectivity index (χ2v) is 7.16. The number of nitrogens with one attached hydrogen (secondary N) is 1. The quantitative estimate of drug-likeness (QED) is 0.559. The van der Waals surface area contributed by atoms with Crippen LogP contribution in [0, 0.1) is 0 Å². The summed E-state index contributed by atoms with van der Waals surface area (Å²) in [6.45, 7) is 4.34. The third kappa shape index (κ3) is 3.84. The van der Waals surface area contributed by atoms with Gasteiger partial charge >= 0.3 is 0 Å². The van der Waals surface area contributed by atoms with Gasteiger partial charge < -0.3 is 20.7 Å². The van der Waals surface area contributed by atoms with E-state index in [1.807, 2.05) is 31.3 Å². The number of phenolic OH excluding ortho intramolecular Hbond substituents is 1. The maximum atomic E-state index is 10.5. The molecule has 0 amide bonds. The molecule has 1 saturated heterocycles. The van der Waals surface area contributed by atoms with E-state index in [4.69, 9.17) is 5.73 Å². The minimum Gasteiger partial charge on any atom is -0.507 e. The van der Waals surface area contributed by atoms with Crippen molar-refractivity contribution >= 4 is 25.8 Å². The Labute approximate surface area is 157 Å². The van der Waals surface area contributed by atoms with Crippen LogP contribution in [-0.4, -0.2) is 39.6 Å². The number of aromatic nitrogens is 2. The molecule has 138 valence electrons. The standard InChI is InChI=1S/C20H27N4OP/c1-2-15(16-7-6-14(26)12-18(16)25)17(13-21)19(20-22-8-9-23-20)24-10-4-3-5-11-24/h2,6-9,12,25H,3-5,10-11,13,21,26H2,1H3,(H,22,23)/b15-2-,19-17+. The van der Waals surface area contributed by atoms with Crippen molar-refractivity contribution in [1.29, 1.82) is 0 Å². The summed E-state index contributed by atoms with van der Waals surface area (Å²) < 4.78 is 0. The van der Waals surface area contributed by atoms with Gasteiger partial charge in [-0.05, 0) is 43.1 Å². The van der Waals surface area contributed by atoms with Crippen LogP contribution in [0.15, 0.2) is 42.2 Å². The summed E-state index contributed by atoms with van der Waals surface area (Å²) in [5.41, 5.74) is 10.0. The maximum Gasteiger partial charge on any atom is 0.154 e. The van der Waals surface area contributed by atoms with E-state index in [1.165, 1.54) is 19.3 Å². The molecule has 1 fully saturated rings.